The van der Waals surface area contributed by atoms with E-state index < -0.39 is 10.7 Å². The molecule has 0 aromatic heterocycles. The molecule has 0 spiro atoms. The highest BCUT2D eigenvalue weighted by Gasteiger charge is 2.31. The second-order valence-corrected chi connectivity index (χ2v) is 5.09. The second kappa shape index (κ2) is 4.93. The van der Waals surface area contributed by atoms with Gasteiger partial charge in [0.25, 0.3) is 0 Å². The molecule has 0 aromatic rings. The van der Waals surface area contributed by atoms with Gasteiger partial charge in [0.2, 0.25) is 0 Å². The maximum atomic E-state index is 10.9. The summed E-state index contributed by atoms with van der Waals surface area (Å²) < 4.78 is 27.1. The van der Waals surface area contributed by atoms with Gasteiger partial charge in [0.1, 0.15) is 10.7 Å². The summed E-state index contributed by atoms with van der Waals surface area (Å²) in [5, 5.41) is 3.17. The van der Waals surface area contributed by atoms with Crippen molar-refractivity contribution in [1.82, 2.24) is 5.32 Å². The summed E-state index contributed by atoms with van der Waals surface area (Å²) in [6, 6.07) is 0. The van der Waals surface area contributed by atoms with E-state index in [1.165, 1.54) is 0 Å². The van der Waals surface area contributed by atoms with Crippen LogP contribution >= 0.6 is 0 Å². The van der Waals surface area contributed by atoms with Crippen LogP contribution in [0.3, 0.4) is 0 Å². The maximum absolute atomic E-state index is 10.9. The normalized spacial score (nSPS) is 27.8. The summed E-state index contributed by atoms with van der Waals surface area (Å²) in [4.78, 5) is 0. The number of hydrogen-bond acceptors (Lipinski definition) is 5. The van der Waals surface area contributed by atoms with Gasteiger partial charge in [0.05, 0.1) is 17.6 Å². The van der Waals surface area contributed by atoms with Crippen molar-refractivity contribution < 1.29 is 13.2 Å². The molecular formula is C11H16N2O3S. The third-order valence-electron chi connectivity index (χ3n) is 3.03. The summed E-state index contributed by atoms with van der Waals surface area (Å²) >= 11 is 0. The van der Waals surface area contributed by atoms with Crippen LogP contribution in [0.5, 0.6) is 0 Å². The van der Waals surface area contributed by atoms with E-state index in [2.05, 4.69) is 5.32 Å². The molecule has 0 saturated carbocycles. The highest BCUT2D eigenvalue weighted by molar-refractivity contribution is 7.72. The number of ether oxygens (including phenoxy) is 1. The molecule has 3 N–H and O–H groups in total. The SMILES string of the molecule is COC1C=C2C=CCNC2=C(N)C1C[SH](=O)=O. The molecule has 6 heteroatoms. The number of fused-ring (bicyclic) bond motifs is 1. The first kappa shape index (κ1) is 12.2. The Morgan fingerprint density at radius 2 is 2.35 bits per heavy atom. The highest BCUT2D eigenvalue weighted by Crippen LogP contribution is 2.29. The van der Waals surface area contributed by atoms with Crippen molar-refractivity contribution in [2.24, 2.45) is 11.7 Å². The van der Waals surface area contributed by atoms with E-state index in [9.17, 15) is 8.42 Å². The lowest BCUT2D eigenvalue weighted by Crippen LogP contribution is -2.38. The van der Waals surface area contributed by atoms with Gasteiger partial charge in [-0.05, 0) is 11.6 Å². The van der Waals surface area contributed by atoms with Crippen LogP contribution in [0.1, 0.15) is 0 Å². The number of nitrogens with one attached hydrogen (secondary N) is 1. The molecule has 0 fully saturated rings. The topological polar surface area (TPSA) is 81.4 Å². The molecule has 0 bridgehead atoms. The minimum absolute atomic E-state index is 0.0122. The lowest BCUT2D eigenvalue weighted by atomic mass is 9.88. The first-order chi connectivity index (χ1) is 8.13. The van der Waals surface area contributed by atoms with E-state index in [4.69, 9.17) is 10.5 Å². The molecule has 94 valence electrons. The molecule has 0 amide bonds. The third kappa shape index (κ3) is 2.37. The number of hydrogen-bond donors (Lipinski definition) is 3. The van der Waals surface area contributed by atoms with Crippen LogP contribution in [0.4, 0.5) is 0 Å². The standard InChI is InChI=1S/C11H16N2O3S/c1-16-9-5-7-3-2-4-13-11(7)10(12)8(9)6-17(14)15/h2-3,5,8-9,13,17H,4,6,12H2,1H3. The number of nitrogens with two attached hydrogens (primary N) is 1. The van der Waals surface area contributed by atoms with Gasteiger partial charge >= 0.3 is 0 Å². The molecule has 1 aliphatic carbocycles. The molecule has 0 radical (unpaired) electrons. The number of methoxy groups -OCH3 is 1. The monoisotopic (exact) mass is 256 g/mol. The molecule has 2 aliphatic rings. The molecule has 0 saturated heterocycles. The Kier molecular flexibility index (Phi) is 3.54. The molecule has 0 aromatic carbocycles. The van der Waals surface area contributed by atoms with Crippen molar-refractivity contribution in [3.05, 3.63) is 35.2 Å². The van der Waals surface area contributed by atoms with E-state index >= 15 is 0 Å². The van der Waals surface area contributed by atoms with Gasteiger partial charge in [-0.15, -0.1) is 0 Å². The third-order valence-corrected chi connectivity index (χ3v) is 3.72. The van der Waals surface area contributed by atoms with Crippen molar-refractivity contribution in [3.8, 4) is 0 Å². The highest BCUT2D eigenvalue weighted by atomic mass is 32.2. The molecule has 1 aliphatic heterocycles. The predicted molar refractivity (Wildman–Crippen MR) is 65.9 cm³/mol. The average molecular weight is 256 g/mol. The number of thiol groups is 1. The first-order valence-corrected chi connectivity index (χ1v) is 6.76. The van der Waals surface area contributed by atoms with E-state index in [0.717, 1.165) is 11.3 Å². The zero-order chi connectivity index (χ0) is 12.4. The quantitative estimate of drug-likeness (QED) is 0.593. The van der Waals surface area contributed by atoms with E-state index in [1.807, 2.05) is 18.2 Å². The Hall–Kier alpha value is -1.27. The smallest absolute Gasteiger partial charge is 0.140 e. The van der Waals surface area contributed by atoms with Gasteiger partial charge in [0.15, 0.2) is 0 Å². The van der Waals surface area contributed by atoms with Crippen LogP contribution < -0.4 is 11.1 Å². The Morgan fingerprint density at radius 3 is 3.00 bits per heavy atom. The minimum atomic E-state index is -2.48. The van der Waals surface area contributed by atoms with Crippen molar-refractivity contribution in [3.63, 3.8) is 0 Å². The van der Waals surface area contributed by atoms with E-state index in [-0.39, 0.29) is 17.8 Å². The van der Waals surface area contributed by atoms with Gasteiger partial charge in [-0.1, -0.05) is 12.2 Å². The zero-order valence-corrected chi connectivity index (χ0v) is 10.4. The van der Waals surface area contributed by atoms with Crippen molar-refractivity contribution >= 4 is 10.7 Å². The van der Waals surface area contributed by atoms with Crippen LogP contribution in [-0.4, -0.2) is 33.9 Å². The van der Waals surface area contributed by atoms with Gasteiger partial charge in [-0.3, -0.25) is 0 Å². The minimum Gasteiger partial charge on any atom is -0.400 e. The molecule has 2 rings (SSSR count). The van der Waals surface area contributed by atoms with Crippen molar-refractivity contribution in [2.45, 2.75) is 6.10 Å². The predicted octanol–water partition coefficient (Wildman–Crippen LogP) is -0.501. The average Bonchev–Trinajstić information content (AvgIpc) is 2.32. The Bertz CT molecular complexity index is 469. The fourth-order valence-corrected chi connectivity index (χ4v) is 2.92. The van der Waals surface area contributed by atoms with Crippen molar-refractivity contribution in [1.29, 1.82) is 0 Å². The van der Waals surface area contributed by atoms with Gasteiger partial charge < -0.3 is 15.8 Å². The van der Waals surface area contributed by atoms with Crippen molar-refractivity contribution in [2.75, 3.05) is 19.4 Å². The van der Waals surface area contributed by atoms with Crippen LogP contribution in [0.25, 0.3) is 0 Å². The summed E-state index contributed by atoms with van der Waals surface area (Å²) in [7, 11) is -0.916. The lowest BCUT2D eigenvalue weighted by Gasteiger charge is -2.31. The Morgan fingerprint density at radius 1 is 1.59 bits per heavy atom. The first-order valence-electron chi connectivity index (χ1n) is 5.40. The Balaban J connectivity index is 2.38. The Labute approximate surface area is 102 Å². The van der Waals surface area contributed by atoms with Gasteiger partial charge in [0, 0.05) is 25.3 Å². The fourth-order valence-electron chi connectivity index (χ4n) is 2.19. The van der Waals surface area contributed by atoms with Crippen LogP contribution in [0.15, 0.2) is 35.2 Å². The zero-order valence-electron chi connectivity index (χ0n) is 9.55. The van der Waals surface area contributed by atoms with Gasteiger partial charge in [-0.25, -0.2) is 8.42 Å². The molecule has 1 heterocycles. The summed E-state index contributed by atoms with van der Waals surface area (Å²) in [6.45, 7) is 0.710. The molecule has 2 atom stereocenters. The van der Waals surface area contributed by atoms with Gasteiger partial charge in [-0.2, -0.15) is 0 Å². The largest absolute Gasteiger partial charge is 0.400 e. The number of allylic oxidation sites excluding steroid dienone is 1. The maximum Gasteiger partial charge on any atom is 0.140 e. The lowest BCUT2D eigenvalue weighted by molar-refractivity contribution is 0.107. The molecule has 2 unspecified atom stereocenters. The summed E-state index contributed by atoms with van der Waals surface area (Å²) in [5.74, 6) is -0.294. The van der Waals surface area contributed by atoms with Crippen LogP contribution in [0, 0.1) is 5.92 Å². The fraction of sp³-hybridized carbons (Fsp3) is 0.455. The molecule has 17 heavy (non-hydrogen) atoms. The molecule has 5 nitrogen and oxygen atoms in total. The van der Waals surface area contributed by atoms with E-state index in [1.54, 1.807) is 7.11 Å². The number of rotatable bonds is 3. The van der Waals surface area contributed by atoms with Crippen LogP contribution in [0.2, 0.25) is 0 Å². The second-order valence-electron chi connectivity index (χ2n) is 4.06. The van der Waals surface area contributed by atoms with Crippen LogP contribution in [-0.2, 0) is 15.4 Å². The van der Waals surface area contributed by atoms with E-state index in [0.29, 0.717) is 12.2 Å². The molecular weight excluding hydrogens is 240 g/mol. The summed E-state index contributed by atoms with van der Waals surface area (Å²) in [5.41, 5.74) is 8.42. The summed E-state index contributed by atoms with van der Waals surface area (Å²) in [6.07, 6.45) is 5.59.